The molecule has 1 unspecified atom stereocenters. The molecule has 0 saturated carbocycles. The standard InChI is InChI=1S/C11H13NO2/c1-8(2)9(3)10-4-6-11(7-5-10)12(13)14/h4-7,9H,1H2,2-3H3. The number of hydrogen-bond acceptors (Lipinski definition) is 2. The van der Waals surface area contributed by atoms with Crippen molar-refractivity contribution in [1.82, 2.24) is 0 Å². The highest BCUT2D eigenvalue weighted by Gasteiger charge is 2.08. The summed E-state index contributed by atoms with van der Waals surface area (Å²) in [5, 5.41) is 10.4. The van der Waals surface area contributed by atoms with E-state index >= 15 is 0 Å². The van der Waals surface area contributed by atoms with Crippen LogP contribution in [0.2, 0.25) is 0 Å². The number of non-ortho nitro benzene ring substituents is 1. The van der Waals surface area contributed by atoms with Crippen molar-refractivity contribution in [3.05, 3.63) is 52.1 Å². The summed E-state index contributed by atoms with van der Waals surface area (Å²) in [5.41, 5.74) is 2.24. The van der Waals surface area contributed by atoms with Gasteiger partial charge in [0.05, 0.1) is 4.92 Å². The fourth-order valence-electron chi connectivity index (χ4n) is 1.17. The average Bonchev–Trinajstić information content (AvgIpc) is 2.16. The third kappa shape index (κ3) is 2.19. The molecule has 1 aromatic carbocycles. The minimum atomic E-state index is -0.394. The van der Waals surface area contributed by atoms with E-state index < -0.39 is 4.92 Å². The van der Waals surface area contributed by atoms with Crippen molar-refractivity contribution < 1.29 is 4.92 Å². The minimum Gasteiger partial charge on any atom is -0.258 e. The van der Waals surface area contributed by atoms with Gasteiger partial charge in [0.15, 0.2) is 0 Å². The van der Waals surface area contributed by atoms with Gasteiger partial charge in [0, 0.05) is 18.1 Å². The third-order valence-corrected chi connectivity index (χ3v) is 2.34. The Bertz CT molecular complexity index is 354. The number of nitro groups is 1. The van der Waals surface area contributed by atoms with Gasteiger partial charge in [-0.25, -0.2) is 0 Å². The molecule has 0 radical (unpaired) electrons. The van der Waals surface area contributed by atoms with E-state index in [2.05, 4.69) is 6.58 Å². The molecule has 74 valence electrons. The number of hydrogen-bond donors (Lipinski definition) is 0. The highest BCUT2D eigenvalue weighted by Crippen LogP contribution is 2.23. The maximum absolute atomic E-state index is 10.4. The zero-order valence-electron chi connectivity index (χ0n) is 8.36. The van der Waals surface area contributed by atoms with E-state index in [0.717, 1.165) is 11.1 Å². The molecule has 0 N–H and O–H groups in total. The molecular weight excluding hydrogens is 178 g/mol. The predicted molar refractivity (Wildman–Crippen MR) is 56.3 cm³/mol. The zero-order valence-corrected chi connectivity index (χ0v) is 8.36. The van der Waals surface area contributed by atoms with E-state index in [4.69, 9.17) is 0 Å². The van der Waals surface area contributed by atoms with E-state index in [0.29, 0.717) is 0 Å². The van der Waals surface area contributed by atoms with Gasteiger partial charge in [-0.05, 0) is 12.5 Å². The topological polar surface area (TPSA) is 43.1 Å². The fourth-order valence-corrected chi connectivity index (χ4v) is 1.17. The molecular formula is C11H13NO2. The van der Waals surface area contributed by atoms with E-state index in [-0.39, 0.29) is 11.6 Å². The van der Waals surface area contributed by atoms with Crippen LogP contribution >= 0.6 is 0 Å². The molecule has 0 aliphatic carbocycles. The Morgan fingerprint density at radius 3 is 2.29 bits per heavy atom. The molecule has 3 nitrogen and oxygen atoms in total. The van der Waals surface area contributed by atoms with Crippen molar-refractivity contribution in [3.8, 4) is 0 Å². The molecule has 0 heterocycles. The molecule has 0 fully saturated rings. The number of allylic oxidation sites excluding steroid dienone is 1. The molecule has 3 heteroatoms. The molecule has 0 aliphatic heterocycles. The molecule has 0 bridgehead atoms. The molecule has 1 aromatic rings. The number of nitro benzene ring substituents is 1. The van der Waals surface area contributed by atoms with Gasteiger partial charge in [-0.2, -0.15) is 0 Å². The second-order valence-electron chi connectivity index (χ2n) is 3.42. The van der Waals surface area contributed by atoms with Crippen LogP contribution in [-0.2, 0) is 0 Å². The molecule has 0 amide bonds. The highest BCUT2D eigenvalue weighted by atomic mass is 16.6. The van der Waals surface area contributed by atoms with Crippen LogP contribution in [0.25, 0.3) is 0 Å². The Kier molecular flexibility index (Phi) is 3.02. The smallest absolute Gasteiger partial charge is 0.258 e. The number of rotatable bonds is 3. The van der Waals surface area contributed by atoms with Gasteiger partial charge < -0.3 is 0 Å². The molecule has 0 aliphatic rings. The number of benzene rings is 1. The third-order valence-electron chi connectivity index (χ3n) is 2.34. The first-order valence-corrected chi connectivity index (χ1v) is 4.42. The van der Waals surface area contributed by atoms with Crippen LogP contribution in [0, 0.1) is 10.1 Å². The van der Waals surface area contributed by atoms with Gasteiger partial charge in [0.1, 0.15) is 0 Å². The second-order valence-corrected chi connectivity index (χ2v) is 3.42. The van der Waals surface area contributed by atoms with Gasteiger partial charge in [-0.15, -0.1) is 0 Å². The first kappa shape index (κ1) is 10.4. The summed E-state index contributed by atoms with van der Waals surface area (Å²) in [5.74, 6) is 0.246. The van der Waals surface area contributed by atoms with Gasteiger partial charge in [-0.1, -0.05) is 31.2 Å². The first-order chi connectivity index (χ1) is 6.52. The largest absolute Gasteiger partial charge is 0.269 e. The first-order valence-electron chi connectivity index (χ1n) is 4.42. The van der Waals surface area contributed by atoms with Gasteiger partial charge in [-0.3, -0.25) is 10.1 Å². The lowest BCUT2D eigenvalue weighted by Gasteiger charge is -2.10. The molecule has 0 spiro atoms. The molecule has 0 saturated heterocycles. The Morgan fingerprint density at radius 1 is 1.43 bits per heavy atom. The summed E-state index contributed by atoms with van der Waals surface area (Å²) in [6.45, 7) is 7.84. The highest BCUT2D eigenvalue weighted by molar-refractivity contribution is 5.36. The Balaban J connectivity index is 2.94. The van der Waals surface area contributed by atoms with Crippen LogP contribution in [-0.4, -0.2) is 4.92 Å². The van der Waals surface area contributed by atoms with Crippen LogP contribution in [0.15, 0.2) is 36.4 Å². The van der Waals surface area contributed by atoms with Gasteiger partial charge >= 0.3 is 0 Å². The molecule has 1 atom stereocenters. The van der Waals surface area contributed by atoms with Crippen molar-refractivity contribution in [2.45, 2.75) is 19.8 Å². The lowest BCUT2D eigenvalue weighted by molar-refractivity contribution is -0.384. The van der Waals surface area contributed by atoms with E-state index in [1.165, 1.54) is 12.1 Å². The summed E-state index contributed by atoms with van der Waals surface area (Å²) >= 11 is 0. The van der Waals surface area contributed by atoms with Crippen LogP contribution in [0.1, 0.15) is 25.3 Å². The lowest BCUT2D eigenvalue weighted by Crippen LogP contribution is -1.94. The normalized spacial score (nSPS) is 12.1. The van der Waals surface area contributed by atoms with Crippen LogP contribution in [0.4, 0.5) is 5.69 Å². The van der Waals surface area contributed by atoms with Gasteiger partial charge in [0.25, 0.3) is 5.69 Å². The lowest BCUT2D eigenvalue weighted by atomic mass is 9.95. The molecule has 0 aromatic heterocycles. The maximum Gasteiger partial charge on any atom is 0.269 e. The van der Waals surface area contributed by atoms with Crippen LogP contribution in [0.3, 0.4) is 0 Å². The maximum atomic E-state index is 10.4. The van der Waals surface area contributed by atoms with Gasteiger partial charge in [0.2, 0.25) is 0 Å². The fraction of sp³-hybridized carbons (Fsp3) is 0.273. The van der Waals surface area contributed by atoms with Crippen LogP contribution < -0.4 is 0 Å². The summed E-state index contributed by atoms with van der Waals surface area (Å²) in [6.07, 6.45) is 0. The average molecular weight is 191 g/mol. The minimum absolute atomic E-state index is 0.127. The van der Waals surface area contributed by atoms with Crippen molar-refractivity contribution in [3.63, 3.8) is 0 Å². The van der Waals surface area contributed by atoms with Crippen molar-refractivity contribution in [2.24, 2.45) is 0 Å². The monoisotopic (exact) mass is 191 g/mol. The summed E-state index contributed by atoms with van der Waals surface area (Å²) in [7, 11) is 0. The number of nitrogens with zero attached hydrogens (tertiary/aromatic N) is 1. The molecule has 1 rings (SSSR count). The zero-order chi connectivity index (χ0) is 10.7. The Morgan fingerprint density at radius 2 is 1.93 bits per heavy atom. The summed E-state index contributed by atoms with van der Waals surface area (Å²) in [4.78, 5) is 10.0. The van der Waals surface area contributed by atoms with E-state index in [1.807, 2.05) is 13.8 Å². The Hall–Kier alpha value is -1.64. The second kappa shape index (κ2) is 4.05. The summed E-state index contributed by atoms with van der Waals surface area (Å²) < 4.78 is 0. The quantitative estimate of drug-likeness (QED) is 0.418. The van der Waals surface area contributed by atoms with Crippen LogP contribution in [0.5, 0.6) is 0 Å². The SMILES string of the molecule is C=C(C)C(C)c1ccc([N+](=O)[O-])cc1. The van der Waals surface area contributed by atoms with Crippen molar-refractivity contribution in [1.29, 1.82) is 0 Å². The molecule has 14 heavy (non-hydrogen) atoms. The van der Waals surface area contributed by atoms with E-state index in [9.17, 15) is 10.1 Å². The van der Waals surface area contributed by atoms with E-state index in [1.54, 1.807) is 12.1 Å². The predicted octanol–water partition coefficient (Wildman–Crippen LogP) is 3.27. The summed E-state index contributed by atoms with van der Waals surface area (Å²) in [6, 6.07) is 6.60. The van der Waals surface area contributed by atoms with Crippen molar-refractivity contribution in [2.75, 3.05) is 0 Å². The van der Waals surface area contributed by atoms with Crippen molar-refractivity contribution >= 4 is 5.69 Å². The Labute approximate surface area is 83.2 Å².